The zero-order chi connectivity index (χ0) is 17.9. The summed E-state index contributed by atoms with van der Waals surface area (Å²) in [5.41, 5.74) is 2.90. The van der Waals surface area contributed by atoms with Gasteiger partial charge >= 0.3 is 0 Å². The molecule has 0 radical (unpaired) electrons. The van der Waals surface area contributed by atoms with Crippen molar-refractivity contribution in [3.8, 4) is 0 Å². The number of fused-ring (bicyclic) bond motifs is 1. The zero-order valence-electron chi connectivity index (χ0n) is 14.8. The Hall–Kier alpha value is -2.70. The van der Waals surface area contributed by atoms with Crippen LogP contribution in [0.25, 0.3) is 0 Å². The van der Waals surface area contributed by atoms with Crippen molar-refractivity contribution in [2.24, 2.45) is 0 Å². The number of hydrogen-bond donors (Lipinski definition) is 1. The van der Waals surface area contributed by atoms with E-state index in [0.29, 0.717) is 31.0 Å². The van der Waals surface area contributed by atoms with Crippen molar-refractivity contribution in [3.63, 3.8) is 0 Å². The van der Waals surface area contributed by atoms with Gasteiger partial charge in [0.25, 0.3) is 11.5 Å². The van der Waals surface area contributed by atoms with E-state index in [0.717, 1.165) is 31.5 Å². The lowest BCUT2D eigenvalue weighted by molar-refractivity contribution is 0.0766. The number of rotatable bonds is 2. The summed E-state index contributed by atoms with van der Waals surface area (Å²) in [6.45, 7) is 2.77. The molecule has 136 valence electrons. The maximum absolute atomic E-state index is 12.9. The average Bonchev–Trinajstić information content (AvgIpc) is 2.93. The lowest BCUT2D eigenvalue weighted by Gasteiger charge is -2.23. The molecule has 0 unspecified atom stereocenters. The van der Waals surface area contributed by atoms with E-state index < -0.39 is 0 Å². The predicted octanol–water partition coefficient (Wildman–Crippen LogP) is 1.40. The molecule has 7 heteroatoms. The van der Waals surface area contributed by atoms with Crippen LogP contribution in [0.15, 0.2) is 29.5 Å². The van der Waals surface area contributed by atoms with Crippen LogP contribution in [0, 0.1) is 0 Å². The number of hydrogen-bond acceptors (Lipinski definition) is 5. The second-order valence-corrected chi connectivity index (χ2v) is 6.94. The molecule has 1 aliphatic carbocycles. The Morgan fingerprint density at radius 2 is 1.88 bits per heavy atom. The van der Waals surface area contributed by atoms with Crippen LogP contribution in [-0.4, -0.2) is 51.9 Å². The topological polar surface area (TPSA) is 82.2 Å². The number of pyridine rings is 1. The number of aryl methyl sites for hydroxylation is 2. The maximum atomic E-state index is 12.9. The number of carbonyl (C=O) groups is 1. The van der Waals surface area contributed by atoms with Gasteiger partial charge in [-0.25, -0.2) is 4.98 Å². The van der Waals surface area contributed by atoms with Crippen LogP contribution in [0.2, 0.25) is 0 Å². The quantitative estimate of drug-likeness (QED) is 0.882. The lowest BCUT2D eigenvalue weighted by atomic mass is 9.95. The van der Waals surface area contributed by atoms with Gasteiger partial charge in [0.2, 0.25) is 0 Å². The van der Waals surface area contributed by atoms with E-state index in [1.807, 2.05) is 11.0 Å². The normalized spacial score (nSPS) is 17.5. The van der Waals surface area contributed by atoms with Gasteiger partial charge in [-0.15, -0.1) is 0 Å². The highest BCUT2D eigenvalue weighted by molar-refractivity contribution is 5.94. The number of nitrogens with one attached hydrogen (secondary N) is 1. The van der Waals surface area contributed by atoms with Crippen LogP contribution in [0.5, 0.6) is 0 Å². The maximum Gasteiger partial charge on any atom is 0.255 e. The van der Waals surface area contributed by atoms with Crippen LogP contribution < -0.4 is 10.5 Å². The van der Waals surface area contributed by atoms with Gasteiger partial charge in [0.05, 0.1) is 11.9 Å². The molecule has 2 aromatic rings. The van der Waals surface area contributed by atoms with Gasteiger partial charge in [-0.1, -0.05) is 0 Å². The molecule has 1 aliphatic heterocycles. The highest BCUT2D eigenvalue weighted by Crippen LogP contribution is 2.21. The van der Waals surface area contributed by atoms with Crippen LogP contribution in [0.3, 0.4) is 0 Å². The number of H-pyrrole nitrogens is 1. The van der Waals surface area contributed by atoms with Gasteiger partial charge in [0.15, 0.2) is 0 Å². The van der Waals surface area contributed by atoms with Gasteiger partial charge in [0.1, 0.15) is 5.82 Å². The van der Waals surface area contributed by atoms with E-state index in [1.165, 1.54) is 30.8 Å². The third-order valence-electron chi connectivity index (χ3n) is 5.19. The monoisotopic (exact) mass is 353 g/mol. The fourth-order valence-electron chi connectivity index (χ4n) is 3.77. The second kappa shape index (κ2) is 7.27. The third-order valence-corrected chi connectivity index (χ3v) is 5.19. The number of anilines is 1. The summed E-state index contributed by atoms with van der Waals surface area (Å²) in [5.74, 6) is 0.713. The Labute approximate surface area is 152 Å². The number of amides is 1. The first-order chi connectivity index (χ1) is 12.7. The molecule has 1 N–H and O–H groups in total. The summed E-state index contributed by atoms with van der Waals surface area (Å²) < 4.78 is 0. The predicted molar refractivity (Wildman–Crippen MR) is 98.5 cm³/mol. The van der Waals surface area contributed by atoms with E-state index in [4.69, 9.17) is 0 Å². The first-order valence-electron chi connectivity index (χ1n) is 9.27. The Kier molecular flexibility index (Phi) is 4.69. The van der Waals surface area contributed by atoms with Gasteiger partial charge in [-0.2, -0.15) is 0 Å². The SMILES string of the molecule is O=C(c1cnc2c(c1)CCCC2)N1CCCN(c2cc(=O)[nH]cn2)CC1. The molecule has 1 saturated heterocycles. The molecule has 0 atom stereocenters. The minimum Gasteiger partial charge on any atom is -0.355 e. The summed E-state index contributed by atoms with van der Waals surface area (Å²) in [6.07, 6.45) is 8.40. The highest BCUT2D eigenvalue weighted by atomic mass is 16.2. The van der Waals surface area contributed by atoms with Crippen molar-refractivity contribution in [3.05, 3.63) is 51.8 Å². The smallest absolute Gasteiger partial charge is 0.255 e. The summed E-state index contributed by atoms with van der Waals surface area (Å²) >= 11 is 0. The zero-order valence-corrected chi connectivity index (χ0v) is 14.8. The minimum atomic E-state index is -0.160. The van der Waals surface area contributed by atoms with Crippen LogP contribution in [-0.2, 0) is 12.8 Å². The molecule has 0 bridgehead atoms. The van der Waals surface area contributed by atoms with Gasteiger partial charge < -0.3 is 14.8 Å². The van der Waals surface area contributed by atoms with Crippen LogP contribution in [0.1, 0.15) is 40.9 Å². The average molecular weight is 353 g/mol. The number of nitrogens with zero attached hydrogens (tertiary/aromatic N) is 4. The summed E-state index contributed by atoms with van der Waals surface area (Å²) in [6, 6.07) is 3.54. The standard InChI is InChI=1S/C19H23N5O2/c25-18-11-17(21-13-22-18)23-6-3-7-24(9-8-23)19(26)15-10-14-4-1-2-5-16(14)20-12-15/h10-13H,1-9H2,(H,21,22,25). The van der Waals surface area contributed by atoms with Crippen molar-refractivity contribution in [1.29, 1.82) is 0 Å². The molecule has 0 aromatic carbocycles. The second-order valence-electron chi connectivity index (χ2n) is 6.94. The molecule has 1 amide bonds. The van der Waals surface area contributed by atoms with Crippen LogP contribution >= 0.6 is 0 Å². The van der Waals surface area contributed by atoms with Crippen molar-refractivity contribution < 1.29 is 4.79 Å². The van der Waals surface area contributed by atoms with E-state index in [2.05, 4.69) is 19.9 Å². The molecular formula is C19H23N5O2. The van der Waals surface area contributed by atoms with E-state index in [9.17, 15) is 9.59 Å². The summed E-state index contributed by atoms with van der Waals surface area (Å²) in [7, 11) is 0. The van der Waals surface area contributed by atoms with Crippen molar-refractivity contribution in [1.82, 2.24) is 19.9 Å². The first kappa shape index (κ1) is 16.8. The lowest BCUT2D eigenvalue weighted by Crippen LogP contribution is -2.35. The molecule has 0 spiro atoms. The first-order valence-corrected chi connectivity index (χ1v) is 9.27. The van der Waals surface area contributed by atoms with Gasteiger partial charge in [0, 0.05) is 44.1 Å². The van der Waals surface area contributed by atoms with Crippen LogP contribution in [0.4, 0.5) is 5.82 Å². The number of carbonyl (C=O) groups excluding carboxylic acids is 1. The van der Waals surface area contributed by atoms with Gasteiger partial charge in [-0.05, 0) is 43.7 Å². The fraction of sp³-hybridized carbons (Fsp3) is 0.474. The van der Waals surface area contributed by atoms with Gasteiger partial charge in [-0.3, -0.25) is 14.6 Å². The Balaban J connectivity index is 1.47. The number of aromatic amines is 1. The Bertz CT molecular complexity index is 863. The van der Waals surface area contributed by atoms with Crippen molar-refractivity contribution in [2.45, 2.75) is 32.1 Å². The van der Waals surface area contributed by atoms with E-state index >= 15 is 0 Å². The molecular weight excluding hydrogens is 330 g/mol. The molecule has 4 rings (SSSR count). The van der Waals surface area contributed by atoms with E-state index in [-0.39, 0.29) is 11.5 Å². The third kappa shape index (κ3) is 3.47. The Morgan fingerprint density at radius 3 is 2.77 bits per heavy atom. The molecule has 0 saturated carbocycles. The molecule has 3 heterocycles. The Morgan fingerprint density at radius 1 is 1.00 bits per heavy atom. The molecule has 7 nitrogen and oxygen atoms in total. The largest absolute Gasteiger partial charge is 0.355 e. The minimum absolute atomic E-state index is 0.0478. The fourth-order valence-corrected chi connectivity index (χ4v) is 3.77. The summed E-state index contributed by atoms with van der Waals surface area (Å²) in [4.78, 5) is 39.7. The molecule has 2 aromatic heterocycles. The molecule has 2 aliphatic rings. The van der Waals surface area contributed by atoms with Crippen molar-refractivity contribution in [2.75, 3.05) is 31.1 Å². The highest BCUT2D eigenvalue weighted by Gasteiger charge is 2.22. The molecule has 26 heavy (non-hydrogen) atoms. The summed E-state index contributed by atoms with van der Waals surface area (Å²) in [5, 5.41) is 0. The van der Waals surface area contributed by atoms with Crippen molar-refractivity contribution >= 4 is 11.7 Å². The van der Waals surface area contributed by atoms with E-state index in [1.54, 1.807) is 6.20 Å². The molecule has 1 fully saturated rings. The number of aromatic nitrogens is 3.